The van der Waals surface area contributed by atoms with Crippen molar-refractivity contribution in [2.45, 2.75) is 25.7 Å². The number of nitrogens with one attached hydrogen (secondary N) is 1. The molecule has 2 heterocycles. The van der Waals surface area contributed by atoms with Crippen LogP contribution in [0.15, 0.2) is 24.3 Å². The molecule has 0 spiro atoms. The molecular formula is C17H20N4S. The lowest BCUT2D eigenvalue weighted by Crippen LogP contribution is -2.08. The first-order valence-corrected chi connectivity index (χ1v) is 9.07. The standard InChI is InChI=1S/C17H20N4S/c1-22-11-9-15-14-7-4-5-10-19-17(14)21(20-15)16-8-3-2-6-13(16)12-18/h2-3,6,8,19H,4-5,7,9-11H2,1H3. The highest BCUT2D eigenvalue weighted by atomic mass is 32.2. The van der Waals surface area contributed by atoms with Crippen molar-refractivity contribution in [3.05, 3.63) is 41.1 Å². The van der Waals surface area contributed by atoms with Crippen molar-refractivity contribution in [3.63, 3.8) is 0 Å². The summed E-state index contributed by atoms with van der Waals surface area (Å²) in [5, 5.41) is 17.7. The van der Waals surface area contributed by atoms with Gasteiger partial charge in [0.25, 0.3) is 0 Å². The summed E-state index contributed by atoms with van der Waals surface area (Å²) >= 11 is 1.84. The van der Waals surface area contributed by atoms with E-state index in [0.29, 0.717) is 5.56 Å². The molecule has 0 atom stereocenters. The summed E-state index contributed by atoms with van der Waals surface area (Å²) in [7, 11) is 0. The molecule has 1 aromatic carbocycles. The van der Waals surface area contributed by atoms with Crippen LogP contribution in [0, 0.1) is 11.3 Å². The molecule has 114 valence electrons. The average molecular weight is 312 g/mol. The second kappa shape index (κ2) is 6.89. The van der Waals surface area contributed by atoms with Gasteiger partial charge in [-0.1, -0.05) is 12.1 Å². The van der Waals surface area contributed by atoms with Gasteiger partial charge in [-0.15, -0.1) is 0 Å². The Labute approximate surface area is 135 Å². The van der Waals surface area contributed by atoms with Gasteiger partial charge in [0.05, 0.1) is 16.9 Å². The van der Waals surface area contributed by atoms with Crippen LogP contribution < -0.4 is 5.32 Å². The molecule has 0 radical (unpaired) electrons. The van der Waals surface area contributed by atoms with Gasteiger partial charge in [-0.25, -0.2) is 4.68 Å². The molecule has 0 aliphatic carbocycles. The van der Waals surface area contributed by atoms with Crippen LogP contribution >= 0.6 is 11.8 Å². The Morgan fingerprint density at radius 1 is 1.36 bits per heavy atom. The first-order valence-electron chi connectivity index (χ1n) is 7.68. The molecule has 1 aliphatic heterocycles. The Hall–Kier alpha value is -1.93. The molecular weight excluding hydrogens is 292 g/mol. The molecule has 4 nitrogen and oxygen atoms in total. The number of hydrogen-bond donors (Lipinski definition) is 1. The van der Waals surface area contributed by atoms with Crippen LogP contribution in [0.25, 0.3) is 5.69 Å². The van der Waals surface area contributed by atoms with Crippen molar-refractivity contribution >= 4 is 17.6 Å². The monoisotopic (exact) mass is 312 g/mol. The molecule has 22 heavy (non-hydrogen) atoms. The van der Waals surface area contributed by atoms with E-state index in [1.54, 1.807) is 0 Å². The third-order valence-electron chi connectivity index (χ3n) is 4.01. The number of nitriles is 1. The minimum absolute atomic E-state index is 0.662. The van der Waals surface area contributed by atoms with Gasteiger partial charge in [-0.05, 0) is 43.4 Å². The second-order valence-electron chi connectivity index (χ2n) is 5.44. The molecule has 0 unspecified atom stereocenters. The summed E-state index contributed by atoms with van der Waals surface area (Å²) in [6, 6.07) is 9.95. The Morgan fingerprint density at radius 3 is 3.05 bits per heavy atom. The smallest absolute Gasteiger partial charge is 0.133 e. The number of thioether (sulfide) groups is 1. The van der Waals surface area contributed by atoms with E-state index in [1.807, 2.05) is 40.7 Å². The van der Waals surface area contributed by atoms with Crippen LogP contribution in [0.3, 0.4) is 0 Å². The summed E-state index contributed by atoms with van der Waals surface area (Å²) in [5.74, 6) is 2.15. The number of para-hydroxylation sites is 1. The van der Waals surface area contributed by atoms with Crippen molar-refractivity contribution in [1.82, 2.24) is 9.78 Å². The fourth-order valence-electron chi connectivity index (χ4n) is 2.90. The molecule has 3 rings (SSSR count). The van der Waals surface area contributed by atoms with Gasteiger partial charge in [0, 0.05) is 18.5 Å². The number of aryl methyl sites for hydroxylation is 1. The van der Waals surface area contributed by atoms with Crippen LogP contribution in [0.5, 0.6) is 0 Å². The van der Waals surface area contributed by atoms with Crippen LogP contribution in [-0.4, -0.2) is 28.3 Å². The number of benzene rings is 1. The fourth-order valence-corrected chi connectivity index (χ4v) is 3.30. The predicted octanol–water partition coefficient (Wildman–Crippen LogP) is 3.40. The van der Waals surface area contributed by atoms with Crippen LogP contribution in [-0.2, 0) is 12.8 Å². The number of fused-ring (bicyclic) bond motifs is 1. The molecule has 2 aromatic rings. The first kappa shape index (κ1) is 15.0. The molecule has 1 aliphatic rings. The van der Waals surface area contributed by atoms with Gasteiger partial charge in [0.2, 0.25) is 0 Å². The summed E-state index contributed by atoms with van der Waals surface area (Å²) in [6.45, 7) is 0.968. The Balaban J connectivity index is 2.11. The molecule has 0 amide bonds. The Kier molecular flexibility index (Phi) is 4.69. The lowest BCUT2D eigenvalue weighted by molar-refractivity contribution is 0.765. The molecule has 1 aromatic heterocycles. The van der Waals surface area contributed by atoms with Crippen molar-refractivity contribution in [3.8, 4) is 11.8 Å². The minimum atomic E-state index is 0.662. The van der Waals surface area contributed by atoms with Crippen LogP contribution in [0.2, 0.25) is 0 Å². The van der Waals surface area contributed by atoms with Crippen molar-refractivity contribution in [1.29, 1.82) is 5.26 Å². The zero-order valence-electron chi connectivity index (χ0n) is 12.8. The lowest BCUT2D eigenvalue weighted by atomic mass is 10.1. The van der Waals surface area contributed by atoms with E-state index in [1.165, 1.54) is 24.1 Å². The fraction of sp³-hybridized carbons (Fsp3) is 0.412. The van der Waals surface area contributed by atoms with E-state index in [2.05, 4.69) is 17.6 Å². The Bertz CT molecular complexity index is 699. The third kappa shape index (κ3) is 2.84. The summed E-state index contributed by atoms with van der Waals surface area (Å²) in [4.78, 5) is 0. The highest BCUT2D eigenvalue weighted by Crippen LogP contribution is 2.29. The van der Waals surface area contributed by atoms with Gasteiger partial charge in [0.1, 0.15) is 11.9 Å². The van der Waals surface area contributed by atoms with E-state index in [-0.39, 0.29) is 0 Å². The van der Waals surface area contributed by atoms with Crippen LogP contribution in [0.1, 0.15) is 29.7 Å². The number of aromatic nitrogens is 2. The van der Waals surface area contributed by atoms with Gasteiger partial charge in [-0.2, -0.15) is 22.1 Å². The SMILES string of the molecule is CSCCc1nn(-c2ccccc2C#N)c2c1CCCCN2. The molecule has 0 saturated heterocycles. The van der Waals surface area contributed by atoms with Crippen molar-refractivity contribution < 1.29 is 0 Å². The Morgan fingerprint density at radius 2 is 2.23 bits per heavy atom. The highest BCUT2D eigenvalue weighted by molar-refractivity contribution is 7.98. The van der Waals surface area contributed by atoms with Gasteiger partial charge < -0.3 is 5.32 Å². The zero-order chi connectivity index (χ0) is 15.4. The zero-order valence-corrected chi connectivity index (χ0v) is 13.6. The largest absolute Gasteiger partial charge is 0.370 e. The molecule has 0 saturated carbocycles. The third-order valence-corrected chi connectivity index (χ3v) is 4.62. The first-order chi connectivity index (χ1) is 10.8. The van der Waals surface area contributed by atoms with Gasteiger partial charge in [-0.3, -0.25) is 0 Å². The van der Waals surface area contributed by atoms with E-state index in [4.69, 9.17) is 5.10 Å². The second-order valence-corrected chi connectivity index (χ2v) is 6.43. The van der Waals surface area contributed by atoms with Crippen molar-refractivity contribution in [2.24, 2.45) is 0 Å². The van der Waals surface area contributed by atoms with Gasteiger partial charge >= 0.3 is 0 Å². The topological polar surface area (TPSA) is 53.6 Å². The minimum Gasteiger partial charge on any atom is -0.370 e. The number of hydrogen-bond acceptors (Lipinski definition) is 4. The average Bonchev–Trinajstić information content (AvgIpc) is 2.73. The van der Waals surface area contributed by atoms with Gasteiger partial charge in [0.15, 0.2) is 0 Å². The summed E-state index contributed by atoms with van der Waals surface area (Å²) < 4.78 is 1.94. The maximum absolute atomic E-state index is 9.37. The highest BCUT2D eigenvalue weighted by Gasteiger charge is 2.21. The molecule has 0 fully saturated rings. The van der Waals surface area contributed by atoms with E-state index in [0.717, 1.165) is 36.6 Å². The maximum Gasteiger partial charge on any atom is 0.133 e. The normalized spacial score (nSPS) is 13.8. The van der Waals surface area contributed by atoms with Crippen molar-refractivity contribution in [2.75, 3.05) is 23.9 Å². The number of nitrogens with zero attached hydrogens (tertiary/aromatic N) is 3. The molecule has 1 N–H and O–H groups in total. The molecule has 0 bridgehead atoms. The summed E-state index contributed by atoms with van der Waals surface area (Å²) in [6.07, 6.45) is 6.54. The maximum atomic E-state index is 9.37. The van der Waals surface area contributed by atoms with Crippen LogP contribution in [0.4, 0.5) is 5.82 Å². The van der Waals surface area contributed by atoms with E-state index >= 15 is 0 Å². The molecule has 5 heteroatoms. The predicted molar refractivity (Wildman–Crippen MR) is 91.8 cm³/mol. The quantitative estimate of drug-likeness (QED) is 0.940. The summed E-state index contributed by atoms with van der Waals surface area (Å²) in [5.41, 5.74) is 4.03. The number of anilines is 1. The van der Waals surface area contributed by atoms with E-state index in [9.17, 15) is 5.26 Å². The van der Waals surface area contributed by atoms with E-state index < -0.39 is 0 Å². The number of rotatable bonds is 4. The lowest BCUT2D eigenvalue weighted by Gasteiger charge is -2.10.